The molecule has 0 aliphatic heterocycles. The monoisotopic (exact) mass is 335 g/mol. The van der Waals surface area contributed by atoms with Gasteiger partial charge >= 0.3 is 0 Å². The Balaban J connectivity index is 2.39. The summed E-state index contributed by atoms with van der Waals surface area (Å²) in [6.07, 6.45) is 3.50. The molecule has 0 saturated carbocycles. The Morgan fingerprint density at radius 2 is 2.21 bits per heavy atom. The lowest BCUT2D eigenvalue weighted by atomic mass is 10.3. The number of fused-ring (bicyclic) bond motifs is 1. The number of nitrogens with one attached hydrogen (secondary N) is 1. The highest BCUT2D eigenvalue weighted by Gasteiger charge is 2.11. The lowest BCUT2D eigenvalue weighted by Gasteiger charge is -2.10. The van der Waals surface area contributed by atoms with Crippen molar-refractivity contribution in [3.8, 4) is 11.4 Å². The molecule has 2 heterocycles. The summed E-state index contributed by atoms with van der Waals surface area (Å²) in [7, 11) is 1.65. The molecule has 3 aromatic rings. The molecule has 0 amide bonds. The third kappa shape index (κ3) is 2.06. The third-order valence-electron chi connectivity index (χ3n) is 2.87. The molecule has 2 aromatic heterocycles. The molecule has 6 heteroatoms. The summed E-state index contributed by atoms with van der Waals surface area (Å²) in [4.78, 5) is 7.23. The first-order valence-corrected chi connectivity index (χ1v) is 6.79. The van der Waals surface area contributed by atoms with Gasteiger partial charge in [-0.25, -0.2) is 0 Å². The quantitative estimate of drug-likeness (QED) is 0.723. The van der Waals surface area contributed by atoms with Crippen LogP contribution < -0.4 is 4.74 Å². The maximum Gasteiger partial charge on any atom is 0.182 e. The van der Waals surface area contributed by atoms with Crippen molar-refractivity contribution in [1.29, 1.82) is 0 Å². The molecule has 0 fully saturated rings. The number of imidazole rings is 1. The van der Waals surface area contributed by atoms with Crippen LogP contribution in [0.4, 0.5) is 0 Å². The van der Waals surface area contributed by atoms with Gasteiger partial charge in [0.2, 0.25) is 0 Å². The highest BCUT2D eigenvalue weighted by atomic mass is 79.9. The van der Waals surface area contributed by atoms with E-state index in [0.717, 1.165) is 26.9 Å². The van der Waals surface area contributed by atoms with Gasteiger partial charge in [-0.1, -0.05) is 15.9 Å². The molecule has 0 unspecified atom stereocenters. The Hall–Kier alpha value is -1.66. The predicted octanol–water partition coefficient (Wildman–Crippen LogP) is 3.85. The summed E-state index contributed by atoms with van der Waals surface area (Å²) >= 11 is 8.87. The fraction of sp³-hybridized carbons (Fsp3) is 0.0769. The molecule has 4 nitrogen and oxygen atoms in total. The van der Waals surface area contributed by atoms with Crippen LogP contribution in [0.2, 0.25) is 0 Å². The molecule has 1 N–H and O–H groups in total. The molecule has 0 spiro atoms. The molecular weight excluding hydrogens is 326 g/mol. The zero-order chi connectivity index (χ0) is 13.4. The normalized spacial score (nSPS) is 10.8. The fourth-order valence-corrected chi connectivity index (χ4v) is 2.69. The highest BCUT2D eigenvalue weighted by molar-refractivity contribution is 9.10. The van der Waals surface area contributed by atoms with Crippen molar-refractivity contribution >= 4 is 39.2 Å². The minimum Gasteiger partial charge on any atom is -0.495 e. The van der Waals surface area contributed by atoms with Gasteiger partial charge in [0.1, 0.15) is 5.75 Å². The number of H-pyrrole nitrogens is 1. The van der Waals surface area contributed by atoms with Crippen LogP contribution in [0.15, 0.2) is 41.1 Å². The smallest absolute Gasteiger partial charge is 0.182 e. The van der Waals surface area contributed by atoms with Gasteiger partial charge in [-0.15, -0.1) is 0 Å². The third-order valence-corrected chi connectivity index (χ3v) is 3.64. The zero-order valence-electron chi connectivity index (χ0n) is 10.1. The average molecular weight is 336 g/mol. The number of rotatable bonds is 2. The van der Waals surface area contributed by atoms with Crippen LogP contribution >= 0.6 is 28.1 Å². The average Bonchev–Trinajstić information content (AvgIpc) is 2.74. The molecule has 0 saturated heterocycles. The maximum absolute atomic E-state index is 5.41. The summed E-state index contributed by atoms with van der Waals surface area (Å²) in [5.41, 5.74) is 2.75. The number of aromatic nitrogens is 3. The van der Waals surface area contributed by atoms with E-state index in [-0.39, 0.29) is 0 Å². The van der Waals surface area contributed by atoms with Gasteiger partial charge in [-0.05, 0) is 36.5 Å². The first kappa shape index (κ1) is 12.4. The number of hydrogen-bond acceptors (Lipinski definition) is 3. The van der Waals surface area contributed by atoms with Crippen molar-refractivity contribution in [2.45, 2.75) is 0 Å². The van der Waals surface area contributed by atoms with Crippen LogP contribution in [0.25, 0.3) is 16.7 Å². The van der Waals surface area contributed by atoms with E-state index in [4.69, 9.17) is 17.0 Å². The van der Waals surface area contributed by atoms with E-state index in [1.54, 1.807) is 19.5 Å². The van der Waals surface area contributed by atoms with Crippen molar-refractivity contribution in [3.63, 3.8) is 0 Å². The number of hydrogen-bond donors (Lipinski definition) is 1. The van der Waals surface area contributed by atoms with Gasteiger partial charge in [0, 0.05) is 10.7 Å². The Morgan fingerprint density at radius 3 is 3.00 bits per heavy atom. The molecule has 0 aliphatic rings. The van der Waals surface area contributed by atoms with Crippen molar-refractivity contribution in [1.82, 2.24) is 14.5 Å². The molecule has 0 bridgehead atoms. The van der Waals surface area contributed by atoms with Crippen molar-refractivity contribution in [3.05, 3.63) is 45.9 Å². The Labute approximate surface area is 123 Å². The van der Waals surface area contributed by atoms with Crippen LogP contribution in [0.1, 0.15) is 0 Å². The number of aromatic amines is 1. The lowest BCUT2D eigenvalue weighted by molar-refractivity contribution is 0.413. The summed E-state index contributed by atoms with van der Waals surface area (Å²) in [6.45, 7) is 0. The standard InChI is InChI=1S/C13H10BrN3OS/c1-18-12-3-2-8(14)6-11(12)17-10-4-5-15-7-9(10)16-13(17)19/h2-7H,1H3,(H,16,19). The molecule has 0 aliphatic carbocycles. The molecule has 3 rings (SSSR count). The Morgan fingerprint density at radius 1 is 1.37 bits per heavy atom. The molecule has 19 heavy (non-hydrogen) atoms. The number of benzene rings is 1. The van der Waals surface area contributed by atoms with E-state index in [9.17, 15) is 0 Å². The maximum atomic E-state index is 5.41. The lowest BCUT2D eigenvalue weighted by Crippen LogP contribution is -1.98. The topological polar surface area (TPSA) is 42.8 Å². The van der Waals surface area contributed by atoms with Gasteiger partial charge in [-0.3, -0.25) is 9.55 Å². The van der Waals surface area contributed by atoms with E-state index >= 15 is 0 Å². The van der Waals surface area contributed by atoms with Crippen LogP contribution in [0.3, 0.4) is 0 Å². The van der Waals surface area contributed by atoms with E-state index < -0.39 is 0 Å². The number of ether oxygens (including phenoxy) is 1. The minimum atomic E-state index is 0.611. The van der Waals surface area contributed by atoms with E-state index in [1.165, 1.54) is 0 Å². The Kier molecular flexibility index (Phi) is 3.12. The molecule has 0 radical (unpaired) electrons. The molecule has 96 valence electrons. The van der Waals surface area contributed by atoms with Crippen LogP contribution in [-0.2, 0) is 0 Å². The van der Waals surface area contributed by atoms with Gasteiger partial charge in [0.25, 0.3) is 0 Å². The number of halogens is 1. The second-order valence-corrected chi connectivity index (χ2v) is 5.28. The van der Waals surface area contributed by atoms with Crippen molar-refractivity contribution in [2.75, 3.05) is 7.11 Å². The SMILES string of the molecule is COc1ccc(Br)cc1-n1c(=S)[nH]c2cnccc21. The summed E-state index contributed by atoms with van der Waals surface area (Å²) in [6, 6.07) is 7.73. The Bertz CT molecular complexity index is 809. The first-order chi connectivity index (χ1) is 9.20. The van der Waals surface area contributed by atoms with Gasteiger partial charge < -0.3 is 9.72 Å². The largest absolute Gasteiger partial charge is 0.495 e. The van der Waals surface area contributed by atoms with E-state index in [0.29, 0.717) is 4.77 Å². The van der Waals surface area contributed by atoms with Gasteiger partial charge in [-0.2, -0.15) is 0 Å². The molecule has 1 aromatic carbocycles. The van der Waals surface area contributed by atoms with E-state index in [1.807, 2.05) is 28.8 Å². The highest BCUT2D eigenvalue weighted by Crippen LogP contribution is 2.29. The van der Waals surface area contributed by atoms with Crippen molar-refractivity contribution in [2.24, 2.45) is 0 Å². The molecule has 0 atom stereocenters. The number of pyridine rings is 1. The summed E-state index contributed by atoms with van der Waals surface area (Å²) in [5.74, 6) is 0.761. The molecular formula is C13H10BrN3OS. The minimum absolute atomic E-state index is 0.611. The number of methoxy groups -OCH3 is 1. The van der Waals surface area contributed by atoms with Gasteiger partial charge in [0.15, 0.2) is 4.77 Å². The van der Waals surface area contributed by atoms with E-state index in [2.05, 4.69) is 25.9 Å². The summed E-state index contributed by atoms with van der Waals surface area (Å²) in [5, 5.41) is 0. The predicted molar refractivity (Wildman–Crippen MR) is 80.5 cm³/mol. The van der Waals surface area contributed by atoms with Crippen LogP contribution in [-0.4, -0.2) is 21.6 Å². The van der Waals surface area contributed by atoms with Crippen molar-refractivity contribution < 1.29 is 4.74 Å². The first-order valence-electron chi connectivity index (χ1n) is 5.59. The van der Waals surface area contributed by atoms with Crippen LogP contribution in [0, 0.1) is 4.77 Å². The zero-order valence-corrected chi connectivity index (χ0v) is 12.5. The number of nitrogens with zero attached hydrogens (tertiary/aromatic N) is 2. The van der Waals surface area contributed by atoms with Gasteiger partial charge in [0.05, 0.1) is 30.0 Å². The second-order valence-electron chi connectivity index (χ2n) is 3.97. The second kappa shape index (κ2) is 4.79. The van der Waals surface area contributed by atoms with Crippen LogP contribution in [0.5, 0.6) is 5.75 Å². The summed E-state index contributed by atoms with van der Waals surface area (Å²) < 4.78 is 8.93. The fourth-order valence-electron chi connectivity index (χ4n) is 2.04.